The van der Waals surface area contributed by atoms with Crippen LogP contribution in [0.25, 0.3) is 5.69 Å². The fourth-order valence-electron chi connectivity index (χ4n) is 3.15. The Balaban J connectivity index is 1.55. The van der Waals surface area contributed by atoms with Crippen molar-refractivity contribution in [3.05, 3.63) is 90.0 Å². The highest BCUT2D eigenvalue weighted by Gasteiger charge is 2.27. The second-order valence-corrected chi connectivity index (χ2v) is 6.01. The number of rotatable bonds is 4. The average molecular weight is 322 g/mol. The van der Waals surface area contributed by atoms with Gasteiger partial charge in [0.1, 0.15) is 12.0 Å². The molecule has 4 heteroatoms. The van der Waals surface area contributed by atoms with Crippen LogP contribution in [0.5, 0.6) is 0 Å². The number of hydrogen-bond acceptors (Lipinski definition) is 2. The molecule has 3 aromatic rings. The first kappa shape index (κ1) is 15.1. The van der Waals surface area contributed by atoms with Crippen LogP contribution in [0.3, 0.4) is 0 Å². The van der Waals surface area contributed by atoms with Crippen molar-refractivity contribution >= 4 is 0 Å². The highest BCUT2D eigenvalue weighted by molar-refractivity contribution is 5.34. The minimum Gasteiger partial charge on any atom is -0.357 e. The number of benzene rings is 2. The molecule has 0 amide bonds. The van der Waals surface area contributed by atoms with Crippen LogP contribution in [-0.4, -0.2) is 22.6 Å². The van der Waals surface area contributed by atoms with E-state index >= 15 is 0 Å². The quantitative estimate of drug-likeness (QED) is 0.718. The van der Waals surface area contributed by atoms with Crippen molar-refractivity contribution in [3.63, 3.8) is 0 Å². The Morgan fingerprint density at radius 3 is 2.75 bits per heavy atom. The van der Waals surface area contributed by atoms with Gasteiger partial charge in [0.25, 0.3) is 0 Å². The molecule has 4 rings (SSSR count). The topological polar surface area (TPSA) is 17.4 Å². The smallest absolute Gasteiger partial charge is 0.138 e. The van der Waals surface area contributed by atoms with Crippen LogP contribution in [0.1, 0.15) is 17.4 Å². The van der Waals surface area contributed by atoms with Gasteiger partial charge in [-0.15, -0.1) is 0 Å². The zero-order valence-electron chi connectivity index (χ0n) is 13.3. The normalized spacial score (nSPS) is 18.1. The monoisotopic (exact) mass is 322 g/mol. The first-order valence-electron chi connectivity index (χ1n) is 8.13. The van der Waals surface area contributed by atoms with Crippen molar-refractivity contribution in [2.45, 2.75) is 12.8 Å². The van der Waals surface area contributed by atoms with Gasteiger partial charge >= 0.3 is 0 Å². The third kappa shape index (κ3) is 3.11. The van der Waals surface area contributed by atoms with E-state index < -0.39 is 0 Å². The summed E-state index contributed by atoms with van der Waals surface area (Å²) in [4.78, 5) is 2.32. The fourth-order valence-corrected chi connectivity index (χ4v) is 3.15. The predicted octanol–water partition coefficient (Wildman–Crippen LogP) is 4.15. The number of nitrogens with zero attached hydrogens (tertiary/aromatic N) is 2. The molecule has 1 fully saturated rings. The zero-order chi connectivity index (χ0) is 16.4. The van der Waals surface area contributed by atoms with E-state index in [-0.39, 0.29) is 12.0 Å². The second kappa shape index (κ2) is 6.59. The second-order valence-electron chi connectivity index (χ2n) is 6.01. The molecule has 1 aliphatic heterocycles. The lowest BCUT2D eigenvalue weighted by Gasteiger charge is -2.22. The summed E-state index contributed by atoms with van der Waals surface area (Å²) in [7, 11) is 0. The molecule has 0 spiro atoms. The van der Waals surface area contributed by atoms with E-state index in [9.17, 15) is 4.39 Å². The molecular weight excluding hydrogens is 303 g/mol. The van der Waals surface area contributed by atoms with Gasteiger partial charge in [-0.05, 0) is 29.8 Å². The summed E-state index contributed by atoms with van der Waals surface area (Å²) in [5.41, 5.74) is 3.18. The third-order valence-corrected chi connectivity index (χ3v) is 4.32. The van der Waals surface area contributed by atoms with E-state index in [1.165, 1.54) is 17.7 Å². The first-order valence-corrected chi connectivity index (χ1v) is 8.13. The van der Waals surface area contributed by atoms with Gasteiger partial charge in [0.2, 0.25) is 0 Å². The molecule has 1 atom stereocenters. The molecule has 1 aromatic heterocycles. The van der Waals surface area contributed by atoms with Crippen LogP contribution in [0.2, 0.25) is 0 Å². The highest BCUT2D eigenvalue weighted by Crippen LogP contribution is 2.29. The molecule has 24 heavy (non-hydrogen) atoms. The average Bonchev–Trinajstić information content (AvgIpc) is 3.25. The lowest BCUT2D eigenvalue weighted by molar-refractivity contribution is 0.0288. The highest BCUT2D eigenvalue weighted by atomic mass is 19.1. The summed E-state index contributed by atoms with van der Waals surface area (Å²) in [6, 6.07) is 19.0. The lowest BCUT2D eigenvalue weighted by Crippen LogP contribution is -2.23. The molecular formula is C20H19FN2O. The van der Waals surface area contributed by atoms with Crippen LogP contribution in [0, 0.1) is 5.82 Å². The van der Waals surface area contributed by atoms with Crippen molar-refractivity contribution in [2.75, 3.05) is 13.2 Å². The molecule has 1 aliphatic rings. The van der Waals surface area contributed by atoms with Crippen molar-refractivity contribution in [1.29, 1.82) is 0 Å². The van der Waals surface area contributed by atoms with Crippen LogP contribution < -0.4 is 0 Å². The Morgan fingerprint density at radius 2 is 1.92 bits per heavy atom. The maximum absolute atomic E-state index is 13.4. The van der Waals surface area contributed by atoms with Crippen molar-refractivity contribution in [3.8, 4) is 5.69 Å². The standard InChI is InChI=1S/C20H19FN2O/c21-18-7-4-8-19(13-18)22-10-9-17(15-22)20-23(11-12-24-20)14-16-5-2-1-3-6-16/h1-10,13,15,20H,11-12,14H2/t20-/m1/s1. The Labute approximate surface area is 140 Å². The first-order chi connectivity index (χ1) is 11.8. The molecule has 0 bridgehead atoms. The maximum atomic E-state index is 13.4. The van der Waals surface area contributed by atoms with Gasteiger partial charge < -0.3 is 9.30 Å². The fraction of sp³-hybridized carbons (Fsp3) is 0.200. The number of ether oxygens (including phenoxy) is 1. The van der Waals surface area contributed by atoms with E-state index in [0.29, 0.717) is 0 Å². The van der Waals surface area contributed by atoms with E-state index in [1.807, 2.05) is 35.2 Å². The van der Waals surface area contributed by atoms with Crippen LogP contribution in [0.4, 0.5) is 4.39 Å². The summed E-state index contributed by atoms with van der Waals surface area (Å²) in [5, 5.41) is 0. The molecule has 1 saturated heterocycles. The van der Waals surface area contributed by atoms with Crippen molar-refractivity contribution < 1.29 is 9.13 Å². The van der Waals surface area contributed by atoms with Crippen LogP contribution >= 0.6 is 0 Å². The summed E-state index contributed by atoms with van der Waals surface area (Å²) in [5.74, 6) is -0.231. The molecule has 2 heterocycles. The Bertz CT molecular complexity index is 815. The number of hydrogen-bond donors (Lipinski definition) is 0. The van der Waals surface area contributed by atoms with Gasteiger partial charge in [0.05, 0.1) is 6.61 Å². The van der Waals surface area contributed by atoms with E-state index in [4.69, 9.17) is 4.74 Å². The number of halogens is 1. The summed E-state index contributed by atoms with van der Waals surface area (Å²) in [6.07, 6.45) is 3.91. The van der Waals surface area contributed by atoms with Crippen molar-refractivity contribution in [1.82, 2.24) is 9.47 Å². The SMILES string of the molecule is Fc1cccc(-n2ccc([C@H]3OCCN3Cc3ccccc3)c2)c1. The Morgan fingerprint density at radius 1 is 1.04 bits per heavy atom. The molecule has 0 saturated carbocycles. The maximum Gasteiger partial charge on any atom is 0.138 e. The van der Waals surface area contributed by atoms with Gasteiger partial charge in [0, 0.05) is 36.7 Å². The molecule has 0 unspecified atom stereocenters. The van der Waals surface area contributed by atoms with Gasteiger partial charge in [-0.1, -0.05) is 36.4 Å². The zero-order valence-corrected chi connectivity index (χ0v) is 13.3. The Kier molecular flexibility index (Phi) is 4.15. The van der Waals surface area contributed by atoms with Gasteiger partial charge in [-0.3, -0.25) is 4.90 Å². The van der Waals surface area contributed by atoms with Gasteiger partial charge in [0.15, 0.2) is 0 Å². The van der Waals surface area contributed by atoms with Gasteiger partial charge in [-0.25, -0.2) is 4.39 Å². The predicted molar refractivity (Wildman–Crippen MR) is 91.3 cm³/mol. The minimum atomic E-state index is -0.231. The van der Waals surface area contributed by atoms with E-state index in [1.54, 1.807) is 6.07 Å². The molecule has 0 aliphatic carbocycles. The molecule has 3 nitrogen and oxygen atoms in total. The van der Waals surface area contributed by atoms with Crippen molar-refractivity contribution in [2.24, 2.45) is 0 Å². The molecule has 0 radical (unpaired) electrons. The van der Waals surface area contributed by atoms with Crippen LogP contribution in [-0.2, 0) is 11.3 Å². The Hall–Kier alpha value is -2.43. The molecule has 2 aromatic carbocycles. The summed E-state index contributed by atoms with van der Waals surface area (Å²) in [6.45, 7) is 2.49. The lowest BCUT2D eigenvalue weighted by atomic mass is 10.2. The molecule has 122 valence electrons. The third-order valence-electron chi connectivity index (χ3n) is 4.32. The van der Waals surface area contributed by atoms with Gasteiger partial charge in [-0.2, -0.15) is 0 Å². The van der Waals surface area contributed by atoms with E-state index in [2.05, 4.69) is 29.2 Å². The summed E-state index contributed by atoms with van der Waals surface area (Å²) < 4.78 is 21.3. The van der Waals surface area contributed by atoms with E-state index in [0.717, 1.165) is 30.9 Å². The minimum absolute atomic E-state index is 0.0555. The molecule has 0 N–H and O–H groups in total. The number of aromatic nitrogens is 1. The van der Waals surface area contributed by atoms with Crippen LogP contribution in [0.15, 0.2) is 73.1 Å². The summed E-state index contributed by atoms with van der Waals surface area (Å²) >= 11 is 0. The largest absolute Gasteiger partial charge is 0.357 e.